The highest BCUT2D eigenvalue weighted by atomic mass is 32.1. The molecule has 1 saturated heterocycles. The lowest BCUT2D eigenvalue weighted by atomic mass is 9.85. The summed E-state index contributed by atoms with van der Waals surface area (Å²) in [5.41, 5.74) is 5.06. The van der Waals surface area contributed by atoms with Crippen molar-refractivity contribution in [2.75, 3.05) is 18.6 Å². The summed E-state index contributed by atoms with van der Waals surface area (Å²) >= 11 is 1.68. The fourth-order valence-electron chi connectivity index (χ4n) is 6.92. The number of methoxy groups -OCH3 is 1. The number of esters is 1. The molecule has 37 heavy (non-hydrogen) atoms. The summed E-state index contributed by atoms with van der Waals surface area (Å²) < 4.78 is 18.5. The van der Waals surface area contributed by atoms with E-state index in [4.69, 9.17) is 19.0 Å². The number of aromatic nitrogens is 2. The lowest BCUT2D eigenvalue weighted by molar-refractivity contribution is 0.0116. The van der Waals surface area contributed by atoms with Gasteiger partial charge in [-0.25, -0.2) is 9.78 Å². The third-order valence-electron chi connectivity index (χ3n) is 9.05. The molecule has 1 aromatic carbocycles. The van der Waals surface area contributed by atoms with Gasteiger partial charge in [-0.2, -0.15) is 0 Å². The van der Waals surface area contributed by atoms with Crippen molar-refractivity contribution in [1.29, 1.82) is 0 Å². The van der Waals surface area contributed by atoms with Crippen LogP contribution in [-0.4, -0.2) is 41.9 Å². The second-order valence-corrected chi connectivity index (χ2v) is 12.5. The van der Waals surface area contributed by atoms with E-state index in [0.717, 1.165) is 46.1 Å². The molecular weight excluding hydrogens is 486 g/mol. The molecule has 4 fully saturated rings. The Bertz CT molecular complexity index is 1320. The van der Waals surface area contributed by atoms with E-state index in [0.29, 0.717) is 36.0 Å². The first-order valence-electron chi connectivity index (χ1n) is 13.9. The Morgan fingerprint density at radius 1 is 1.14 bits per heavy atom. The van der Waals surface area contributed by atoms with Crippen LogP contribution in [0.4, 0.5) is 5.13 Å². The van der Waals surface area contributed by atoms with Crippen LogP contribution < -0.4 is 4.90 Å². The largest absolute Gasteiger partial charge is 0.465 e. The van der Waals surface area contributed by atoms with E-state index < -0.39 is 0 Å². The summed E-state index contributed by atoms with van der Waals surface area (Å²) in [6.45, 7) is 3.64. The van der Waals surface area contributed by atoms with Crippen LogP contribution in [0.15, 0.2) is 16.7 Å². The van der Waals surface area contributed by atoms with Crippen molar-refractivity contribution in [1.82, 2.24) is 10.1 Å². The van der Waals surface area contributed by atoms with E-state index in [9.17, 15) is 4.79 Å². The predicted molar refractivity (Wildman–Crippen MR) is 142 cm³/mol. The Kier molecular flexibility index (Phi) is 6.00. The highest BCUT2D eigenvalue weighted by molar-refractivity contribution is 7.22. The summed E-state index contributed by atoms with van der Waals surface area (Å²) in [4.78, 5) is 19.5. The first-order chi connectivity index (χ1) is 18.1. The van der Waals surface area contributed by atoms with Crippen molar-refractivity contribution in [2.45, 2.75) is 95.3 Å². The Hall–Kier alpha value is -2.45. The first kappa shape index (κ1) is 23.7. The molecule has 2 bridgehead atoms. The van der Waals surface area contributed by atoms with Gasteiger partial charge in [-0.05, 0) is 63.1 Å². The monoisotopic (exact) mass is 521 g/mol. The average Bonchev–Trinajstić information content (AvgIpc) is 3.26. The molecule has 3 aliphatic carbocycles. The Balaban J connectivity index is 1.05. The molecule has 0 spiro atoms. The Labute approximate surface area is 221 Å². The van der Waals surface area contributed by atoms with E-state index in [1.807, 2.05) is 19.1 Å². The van der Waals surface area contributed by atoms with Gasteiger partial charge in [0.25, 0.3) is 0 Å². The van der Waals surface area contributed by atoms with Crippen LogP contribution in [0.3, 0.4) is 0 Å². The smallest absolute Gasteiger partial charge is 0.337 e. The summed E-state index contributed by atoms with van der Waals surface area (Å²) in [7, 11) is 1.42. The normalized spacial score (nSPS) is 25.9. The molecule has 1 aliphatic heterocycles. The number of hydrogen-bond donors (Lipinski definition) is 0. The number of carbonyl (C=O) groups is 1. The van der Waals surface area contributed by atoms with E-state index in [-0.39, 0.29) is 12.1 Å². The number of piperidine rings is 1. The van der Waals surface area contributed by atoms with Gasteiger partial charge < -0.3 is 18.9 Å². The van der Waals surface area contributed by atoms with Gasteiger partial charge in [-0.3, -0.25) is 0 Å². The fraction of sp³-hybridized carbons (Fsp3) is 0.621. The minimum absolute atomic E-state index is 0.282. The second kappa shape index (κ2) is 9.38. The number of hydrogen-bond acceptors (Lipinski definition) is 8. The highest BCUT2D eigenvalue weighted by Crippen LogP contribution is 2.47. The fourth-order valence-corrected chi connectivity index (χ4v) is 8.09. The van der Waals surface area contributed by atoms with Gasteiger partial charge >= 0.3 is 5.97 Å². The van der Waals surface area contributed by atoms with Crippen molar-refractivity contribution >= 4 is 32.7 Å². The van der Waals surface area contributed by atoms with Gasteiger partial charge in [0.05, 0.1) is 41.3 Å². The molecule has 0 unspecified atom stereocenters. The maximum absolute atomic E-state index is 12.1. The number of nitrogens with zero attached hydrogens (tertiary/aromatic N) is 3. The number of anilines is 1. The molecule has 2 aromatic heterocycles. The highest BCUT2D eigenvalue weighted by Gasteiger charge is 2.46. The van der Waals surface area contributed by atoms with Crippen molar-refractivity contribution in [3.05, 3.63) is 40.3 Å². The first-order valence-corrected chi connectivity index (χ1v) is 14.8. The van der Waals surface area contributed by atoms with Crippen LogP contribution >= 0.6 is 11.3 Å². The SMILES string of the molecule is COC(=O)c1cc(C)c2nc(N3C[C@@H]4C[C@H]3C[C@H]4OCc3c(C4CCCCC4)noc3C3CC3)sc2c1. The molecule has 8 heteroatoms. The molecule has 7 nitrogen and oxygen atoms in total. The number of rotatable bonds is 7. The molecule has 3 aromatic rings. The average molecular weight is 522 g/mol. The van der Waals surface area contributed by atoms with Gasteiger partial charge in [0.2, 0.25) is 0 Å². The molecule has 3 atom stereocenters. The summed E-state index contributed by atoms with van der Waals surface area (Å²) in [6.07, 6.45) is 11.3. The van der Waals surface area contributed by atoms with Crippen LogP contribution in [0.1, 0.15) is 103 Å². The van der Waals surface area contributed by atoms with Gasteiger partial charge in [-0.15, -0.1) is 0 Å². The van der Waals surface area contributed by atoms with Crippen molar-refractivity contribution in [2.24, 2.45) is 5.92 Å². The van der Waals surface area contributed by atoms with Gasteiger partial charge in [0.1, 0.15) is 5.76 Å². The zero-order chi connectivity index (χ0) is 25.1. The third kappa shape index (κ3) is 4.26. The minimum atomic E-state index is -0.301. The number of ether oxygens (including phenoxy) is 2. The standard InChI is InChI=1S/C29H35N3O4S/c1-16-10-19(28(33)34-2)12-24-25(16)30-29(37-24)32-14-20-11-21(32)13-23(20)35-15-22-26(17-6-4-3-5-7-17)31-36-27(22)18-8-9-18/h10,12,17-18,20-21,23H,3-9,11,13-15H2,1-2H3/t20-,21-,23+/m0/s1. The summed E-state index contributed by atoms with van der Waals surface area (Å²) in [5, 5.41) is 5.65. The van der Waals surface area contributed by atoms with E-state index >= 15 is 0 Å². The molecule has 0 N–H and O–H groups in total. The van der Waals surface area contributed by atoms with Gasteiger partial charge in [0, 0.05) is 35.9 Å². The van der Waals surface area contributed by atoms with Crippen LogP contribution in [0.25, 0.3) is 10.2 Å². The zero-order valence-corrected chi connectivity index (χ0v) is 22.5. The lowest BCUT2D eigenvalue weighted by Crippen LogP contribution is -2.38. The third-order valence-corrected chi connectivity index (χ3v) is 10.1. The van der Waals surface area contributed by atoms with Crippen LogP contribution in [0, 0.1) is 12.8 Å². The van der Waals surface area contributed by atoms with Crippen LogP contribution in [-0.2, 0) is 16.1 Å². The predicted octanol–water partition coefficient (Wildman–Crippen LogP) is 6.49. The number of thiazole rings is 1. The molecular formula is C29H35N3O4S. The molecule has 196 valence electrons. The van der Waals surface area contributed by atoms with Crippen molar-refractivity contribution in [3.8, 4) is 0 Å². The number of carbonyl (C=O) groups excluding carboxylic acids is 1. The molecule has 3 heterocycles. The van der Waals surface area contributed by atoms with Crippen molar-refractivity contribution in [3.63, 3.8) is 0 Å². The Morgan fingerprint density at radius 3 is 2.70 bits per heavy atom. The lowest BCUT2D eigenvalue weighted by Gasteiger charge is -2.31. The van der Waals surface area contributed by atoms with Crippen molar-refractivity contribution < 1.29 is 18.8 Å². The Morgan fingerprint density at radius 2 is 1.97 bits per heavy atom. The zero-order valence-electron chi connectivity index (χ0n) is 21.7. The molecule has 0 amide bonds. The maximum Gasteiger partial charge on any atom is 0.337 e. The van der Waals surface area contributed by atoms with E-state index in [1.165, 1.54) is 63.3 Å². The quantitative estimate of drug-likeness (QED) is 0.329. The van der Waals surface area contributed by atoms with Gasteiger partial charge in [-0.1, -0.05) is 35.8 Å². The topological polar surface area (TPSA) is 77.7 Å². The van der Waals surface area contributed by atoms with Crippen LogP contribution in [0.5, 0.6) is 0 Å². The minimum Gasteiger partial charge on any atom is -0.465 e. The molecule has 4 aliphatic rings. The summed E-state index contributed by atoms with van der Waals surface area (Å²) in [6, 6.07) is 4.24. The molecule has 3 saturated carbocycles. The number of aryl methyl sites for hydroxylation is 1. The molecule has 7 rings (SSSR count). The van der Waals surface area contributed by atoms with E-state index in [1.54, 1.807) is 11.3 Å². The number of fused-ring (bicyclic) bond motifs is 3. The van der Waals surface area contributed by atoms with Crippen LogP contribution in [0.2, 0.25) is 0 Å². The summed E-state index contributed by atoms with van der Waals surface area (Å²) in [5.74, 6) is 2.43. The van der Waals surface area contributed by atoms with E-state index in [2.05, 4.69) is 10.1 Å². The maximum atomic E-state index is 12.1. The van der Waals surface area contributed by atoms with Gasteiger partial charge in [0.15, 0.2) is 5.13 Å². The second-order valence-electron chi connectivity index (χ2n) is 11.5. The molecule has 0 radical (unpaired) electrons. The number of benzene rings is 1.